The standard InChI is InChI=1S/C17H21N3O3S/c1-2-24(21,22)12-11-19-17(18)20-14-7-6-10-16(13-14)23-15-8-4-3-5-9-15/h3-10,13H,2,11-12H2,1H3,(H3,18,19,20). The molecule has 128 valence electrons. The maximum Gasteiger partial charge on any atom is 0.193 e. The second-order valence-electron chi connectivity index (χ2n) is 5.07. The van der Waals surface area contributed by atoms with Gasteiger partial charge in [-0.3, -0.25) is 4.99 Å². The van der Waals surface area contributed by atoms with Gasteiger partial charge in [0.2, 0.25) is 0 Å². The van der Waals surface area contributed by atoms with Gasteiger partial charge in [-0.05, 0) is 24.3 Å². The number of aliphatic imine (C=N–C) groups is 1. The molecule has 0 saturated heterocycles. The molecule has 0 bridgehead atoms. The Morgan fingerprint density at radius 1 is 1.12 bits per heavy atom. The molecular weight excluding hydrogens is 326 g/mol. The van der Waals surface area contributed by atoms with Crippen molar-refractivity contribution in [2.75, 3.05) is 23.4 Å². The molecule has 0 amide bonds. The lowest BCUT2D eigenvalue weighted by Gasteiger charge is -2.09. The van der Waals surface area contributed by atoms with Crippen molar-refractivity contribution in [1.82, 2.24) is 0 Å². The van der Waals surface area contributed by atoms with Crippen molar-refractivity contribution < 1.29 is 13.2 Å². The summed E-state index contributed by atoms with van der Waals surface area (Å²) in [4.78, 5) is 4.03. The van der Waals surface area contributed by atoms with Gasteiger partial charge in [-0.1, -0.05) is 31.2 Å². The van der Waals surface area contributed by atoms with Gasteiger partial charge < -0.3 is 15.8 Å². The number of hydrogen-bond donors (Lipinski definition) is 2. The molecular formula is C17H21N3O3S. The van der Waals surface area contributed by atoms with Gasteiger partial charge in [0.25, 0.3) is 0 Å². The number of sulfone groups is 1. The number of nitrogens with zero attached hydrogens (tertiary/aromatic N) is 1. The van der Waals surface area contributed by atoms with Gasteiger partial charge in [0.1, 0.15) is 11.5 Å². The Hall–Kier alpha value is -2.54. The molecule has 24 heavy (non-hydrogen) atoms. The molecule has 0 heterocycles. The highest BCUT2D eigenvalue weighted by atomic mass is 32.2. The number of anilines is 1. The SMILES string of the molecule is CCS(=O)(=O)CCN=C(N)Nc1cccc(Oc2ccccc2)c1. The number of nitrogens with one attached hydrogen (secondary N) is 1. The number of hydrogen-bond acceptors (Lipinski definition) is 4. The number of rotatable bonds is 7. The molecule has 6 nitrogen and oxygen atoms in total. The highest BCUT2D eigenvalue weighted by Crippen LogP contribution is 2.23. The molecule has 2 aromatic carbocycles. The van der Waals surface area contributed by atoms with Crippen LogP contribution in [-0.4, -0.2) is 32.4 Å². The first-order valence-corrected chi connectivity index (χ1v) is 9.41. The first-order chi connectivity index (χ1) is 11.5. The van der Waals surface area contributed by atoms with Crippen molar-refractivity contribution >= 4 is 21.5 Å². The van der Waals surface area contributed by atoms with Gasteiger partial charge in [0.05, 0.1) is 12.3 Å². The van der Waals surface area contributed by atoms with Crippen LogP contribution in [0.25, 0.3) is 0 Å². The Labute approximate surface area is 142 Å². The minimum Gasteiger partial charge on any atom is -0.457 e. The summed E-state index contributed by atoms with van der Waals surface area (Å²) in [5, 5.41) is 2.93. The van der Waals surface area contributed by atoms with Crippen LogP contribution in [0, 0.1) is 0 Å². The quantitative estimate of drug-likeness (QED) is 0.593. The van der Waals surface area contributed by atoms with Crippen LogP contribution in [0.2, 0.25) is 0 Å². The normalized spacial score (nSPS) is 12.0. The third kappa shape index (κ3) is 5.92. The fraction of sp³-hybridized carbons (Fsp3) is 0.235. The van der Waals surface area contributed by atoms with E-state index in [9.17, 15) is 8.42 Å². The van der Waals surface area contributed by atoms with Crippen molar-refractivity contribution in [2.24, 2.45) is 10.7 Å². The van der Waals surface area contributed by atoms with Gasteiger partial charge in [0, 0.05) is 17.5 Å². The van der Waals surface area contributed by atoms with E-state index in [0.29, 0.717) is 11.4 Å². The van der Waals surface area contributed by atoms with E-state index in [2.05, 4.69) is 10.3 Å². The van der Waals surface area contributed by atoms with Crippen LogP contribution in [0.3, 0.4) is 0 Å². The average molecular weight is 347 g/mol. The Morgan fingerprint density at radius 2 is 1.83 bits per heavy atom. The number of nitrogens with two attached hydrogens (primary N) is 1. The molecule has 3 N–H and O–H groups in total. The van der Waals surface area contributed by atoms with Crippen LogP contribution in [0.15, 0.2) is 59.6 Å². The highest BCUT2D eigenvalue weighted by molar-refractivity contribution is 7.91. The van der Waals surface area contributed by atoms with Crippen LogP contribution in [0.5, 0.6) is 11.5 Å². The van der Waals surface area contributed by atoms with Crippen molar-refractivity contribution in [3.63, 3.8) is 0 Å². The van der Waals surface area contributed by atoms with E-state index in [1.54, 1.807) is 13.0 Å². The Balaban J connectivity index is 1.96. The van der Waals surface area contributed by atoms with Gasteiger partial charge in [0.15, 0.2) is 15.8 Å². The predicted octanol–water partition coefficient (Wildman–Crippen LogP) is 2.64. The van der Waals surface area contributed by atoms with Crippen molar-refractivity contribution in [3.8, 4) is 11.5 Å². The second-order valence-corrected chi connectivity index (χ2v) is 7.54. The average Bonchev–Trinajstić information content (AvgIpc) is 2.56. The van der Waals surface area contributed by atoms with Crippen LogP contribution >= 0.6 is 0 Å². The Bertz CT molecular complexity index is 790. The molecule has 0 unspecified atom stereocenters. The zero-order valence-corrected chi connectivity index (χ0v) is 14.3. The minimum atomic E-state index is -3.04. The molecule has 2 aromatic rings. The fourth-order valence-corrected chi connectivity index (χ4v) is 2.56. The number of para-hydroxylation sites is 1. The van der Waals surface area contributed by atoms with Crippen LogP contribution in [-0.2, 0) is 9.84 Å². The molecule has 0 spiro atoms. The summed E-state index contributed by atoms with van der Waals surface area (Å²) in [5.41, 5.74) is 6.49. The number of benzene rings is 2. The zero-order chi connectivity index (χ0) is 17.4. The van der Waals surface area contributed by atoms with Gasteiger partial charge in [-0.2, -0.15) is 0 Å². The molecule has 0 aliphatic carbocycles. The van der Waals surface area contributed by atoms with E-state index in [0.717, 1.165) is 5.75 Å². The molecule has 0 atom stereocenters. The summed E-state index contributed by atoms with van der Waals surface area (Å²) >= 11 is 0. The Morgan fingerprint density at radius 3 is 2.54 bits per heavy atom. The molecule has 7 heteroatoms. The van der Waals surface area contributed by atoms with E-state index in [1.165, 1.54) is 0 Å². The number of guanidine groups is 1. The maximum atomic E-state index is 11.4. The third-order valence-corrected chi connectivity index (χ3v) is 4.89. The zero-order valence-electron chi connectivity index (χ0n) is 13.5. The van der Waals surface area contributed by atoms with Gasteiger partial charge in [-0.15, -0.1) is 0 Å². The lowest BCUT2D eigenvalue weighted by molar-refractivity contribution is 0.483. The molecule has 0 fully saturated rings. The number of ether oxygens (including phenoxy) is 1. The summed E-state index contributed by atoms with van der Waals surface area (Å²) in [6.45, 7) is 1.74. The van der Waals surface area contributed by atoms with Gasteiger partial charge >= 0.3 is 0 Å². The third-order valence-electron chi connectivity index (χ3n) is 3.21. The lowest BCUT2D eigenvalue weighted by Crippen LogP contribution is -2.24. The molecule has 0 radical (unpaired) electrons. The largest absolute Gasteiger partial charge is 0.457 e. The second kappa shape index (κ2) is 8.35. The highest BCUT2D eigenvalue weighted by Gasteiger charge is 2.06. The molecule has 2 rings (SSSR count). The molecule has 0 aromatic heterocycles. The van der Waals surface area contributed by atoms with Crippen molar-refractivity contribution in [3.05, 3.63) is 54.6 Å². The summed E-state index contributed by atoms with van der Waals surface area (Å²) < 4.78 is 28.6. The summed E-state index contributed by atoms with van der Waals surface area (Å²) in [7, 11) is -3.04. The smallest absolute Gasteiger partial charge is 0.193 e. The van der Waals surface area contributed by atoms with E-state index in [-0.39, 0.29) is 24.0 Å². The monoisotopic (exact) mass is 347 g/mol. The minimum absolute atomic E-state index is 0.0109. The molecule has 0 saturated carbocycles. The maximum absolute atomic E-state index is 11.4. The van der Waals surface area contributed by atoms with Crippen LogP contribution in [0.1, 0.15) is 6.92 Å². The van der Waals surface area contributed by atoms with Crippen LogP contribution < -0.4 is 15.8 Å². The van der Waals surface area contributed by atoms with Crippen molar-refractivity contribution in [1.29, 1.82) is 0 Å². The van der Waals surface area contributed by atoms with Gasteiger partial charge in [-0.25, -0.2) is 8.42 Å². The summed E-state index contributed by atoms with van der Waals surface area (Å²) in [6.07, 6.45) is 0. The fourth-order valence-electron chi connectivity index (χ4n) is 1.90. The summed E-state index contributed by atoms with van der Waals surface area (Å²) in [5.74, 6) is 1.66. The van der Waals surface area contributed by atoms with Crippen LogP contribution in [0.4, 0.5) is 5.69 Å². The van der Waals surface area contributed by atoms with Crippen molar-refractivity contribution in [2.45, 2.75) is 6.92 Å². The van der Waals surface area contributed by atoms with E-state index in [1.807, 2.05) is 48.5 Å². The topological polar surface area (TPSA) is 93.8 Å². The van der Waals surface area contributed by atoms with E-state index >= 15 is 0 Å². The van der Waals surface area contributed by atoms with E-state index < -0.39 is 9.84 Å². The molecule has 0 aliphatic heterocycles. The predicted molar refractivity (Wildman–Crippen MR) is 97.4 cm³/mol. The molecule has 0 aliphatic rings. The summed E-state index contributed by atoms with van der Waals surface area (Å²) in [6, 6.07) is 16.7. The lowest BCUT2D eigenvalue weighted by atomic mass is 10.3. The first kappa shape index (κ1) is 17.8. The first-order valence-electron chi connectivity index (χ1n) is 7.59. The Kier molecular flexibility index (Phi) is 6.20. The van der Waals surface area contributed by atoms with E-state index in [4.69, 9.17) is 10.5 Å².